The third-order valence-electron chi connectivity index (χ3n) is 4.81. The molecule has 2 aromatic carbocycles. The van der Waals surface area contributed by atoms with Gasteiger partial charge in [-0.1, -0.05) is 70.7 Å². The van der Waals surface area contributed by atoms with Crippen LogP contribution in [-0.4, -0.2) is 11.2 Å². The molecule has 2 aromatic rings. The lowest BCUT2D eigenvalue weighted by atomic mass is 9.90. The summed E-state index contributed by atoms with van der Waals surface area (Å²) >= 11 is 24.2. The van der Waals surface area contributed by atoms with Gasteiger partial charge in [0.05, 0.1) is 10.0 Å². The molecule has 4 rings (SSSR count). The fraction of sp³-hybridized carbons (Fsp3) is 0.294. The van der Waals surface area contributed by atoms with Crippen LogP contribution in [0.2, 0.25) is 20.1 Å². The summed E-state index contributed by atoms with van der Waals surface area (Å²) in [5, 5.41) is 10.4. The van der Waals surface area contributed by atoms with Crippen LogP contribution in [0.25, 0.3) is 0 Å². The summed E-state index contributed by atoms with van der Waals surface area (Å²) in [5.74, 6) is 0.628. The van der Waals surface area contributed by atoms with Gasteiger partial charge in [-0.3, -0.25) is 0 Å². The zero-order chi connectivity index (χ0) is 16.3. The molecule has 2 aliphatic rings. The molecule has 6 heteroatoms. The molecule has 0 aliphatic heterocycles. The number of hydrogen-bond acceptors (Lipinski definition) is 2. The zero-order valence-corrected chi connectivity index (χ0v) is 14.8. The fourth-order valence-electron chi connectivity index (χ4n) is 3.79. The molecule has 2 nitrogen and oxygen atoms in total. The molecule has 0 aromatic heterocycles. The fourth-order valence-corrected chi connectivity index (χ4v) is 4.66. The van der Waals surface area contributed by atoms with E-state index < -0.39 is 0 Å². The standard InChI is InChI=1S/C17H12Cl4O2/c18-12-13(19)15(21)17(16(22)14(12)20)23-11-6-7-5-10(11)9-4-2-1-3-8(7)9/h1-4,7,10-11,22H,5-6H2/t7-,10-,11+/m0/s1. The van der Waals surface area contributed by atoms with Crippen molar-refractivity contribution >= 4 is 46.4 Å². The molecule has 0 radical (unpaired) electrons. The Balaban J connectivity index is 1.69. The van der Waals surface area contributed by atoms with Crippen LogP contribution < -0.4 is 4.74 Å². The Morgan fingerprint density at radius 1 is 0.870 bits per heavy atom. The van der Waals surface area contributed by atoms with Gasteiger partial charge in [-0.25, -0.2) is 0 Å². The maximum absolute atomic E-state index is 10.2. The highest BCUT2D eigenvalue weighted by Crippen LogP contribution is 2.56. The normalized spacial score (nSPS) is 24.8. The van der Waals surface area contributed by atoms with E-state index in [4.69, 9.17) is 51.1 Å². The molecular formula is C17H12Cl4O2. The summed E-state index contributed by atoms with van der Waals surface area (Å²) in [6.45, 7) is 0. The van der Waals surface area contributed by atoms with Crippen LogP contribution in [0.1, 0.15) is 35.8 Å². The summed E-state index contributed by atoms with van der Waals surface area (Å²) < 4.78 is 6.03. The Kier molecular flexibility index (Phi) is 3.85. The molecular weight excluding hydrogens is 378 g/mol. The number of fused-ring (bicyclic) bond motifs is 5. The lowest BCUT2D eigenvalue weighted by molar-refractivity contribution is 0.178. The Bertz CT molecular complexity index is 776. The smallest absolute Gasteiger partial charge is 0.183 e. The Morgan fingerprint density at radius 3 is 2.26 bits per heavy atom. The second-order valence-electron chi connectivity index (χ2n) is 5.99. The van der Waals surface area contributed by atoms with Crippen molar-refractivity contribution < 1.29 is 9.84 Å². The van der Waals surface area contributed by atoms with Crippen molar-refractivity contribution in [1.82, 2.24) is 0 Å². The molecule has 3 atom stereocenters. The first-order valence-corrected chi connectivity index (χ1v) is 8.80. The lowest BCUT2D eigenvalue weighted by Gasteiger charge is -2.26. The van der Waals surface area contributed by atoms with Gasteiger partial charge in [0.15, 0.2) is 11.5 Å². The minimum atomic E-state index is -0.262. The van der Waals surface area contributed by atoms with Crippen molar-refractivity contribution in [2.45, 2.75) is 30.8 Å². The first kappa shape index (κ1) is 15.7. The highest BCUT2D eigenvalue weighted by atomic mass is 35.5. The first-order chi connectivity index (χ1) is 11.0. The van der Waals surface area contributed by atoms with Gasteiger partial charge < -0.3 is 9.84 Å². The summed E-state index contributed by atoms with van der Waals surface area (Å²) in [4.78, 5) is 0. The quantitative estimate of drug-likeness (QED) is 0.473. The van der Waals surface area contributed by atoms with E-state index in [0.717, 1.165) is 12.8 Å². The van der Waals surface area contributed by atoms with Crippen LogP contribution in [0, 0.1) is 0 Å². The molecule has 120 valence electrons. The Labute approximate surface area is 153 Å². The van der Waals surface area contributed by atoms with Crippen LogP contribution in [0.15, 0.2) is 24.3 Å². The van der Waals surface area contributed by atoms with Crippen LogP contribution in [0.4, 0.5) is 0 Å². The number of phenols is 1. The van der Waals surface area contributed by atoms with Crippen molar-refractivity contribution in [2.24, 2.45) is 0 Å². The number of ether oxygens (including phenoxy) is 1. The van der Waals surface area contributed by atoms with E-state index in [1.807, 2.05) is 6.07 Å². The van der Waals surface area contributed by atoms with Crippen molar-refractivity contribution in [1.29, 1.82) is 0 Å². The van der Waals surface area contributed by atoms with Crippen molar-refractivity contribution in [3.05, 3.63) is 55.5 Å². The molecule has 23 heavy (non-hydrogen) atoms. The molecule has 0 heterocycles. The highest BCUT2D eigenvalue weighted by Gasteiger charge is 2.45. The molecule has 0 unspecified atom stereocenters. The minimum absolute atomic E-state index is 0.0291. The average Bonchev–Trinajstić information content (AvgIpc) is 3.14. The van der Waals surface area contributed by atoms with E-state index >= 15 is 0 Å². The molecule has 1 saturated carbocycles. The van der Waals surface area contributed by atoms with E-state index in [2.05, 4.69) is 18.2 Å². The van der Waals surface area contributed by atoms with Crippen LogP contribution in [-0.2, 0) is 0 Å². The number of phenolic OH excluding ortho intramolecular Hbond substituents is 1. The maximum Gasteiger partial charge on any atom is 0.183 e. The maximum atomic E-state index is 10.2. The van der Waals surface area contributed by atoms with Crippen molar-refractivity contribution in [2.75, 3.05) is 0 Å². The molecule has 1 N–H and O–H groups in total. The van der Waals surface area contributed by atoms with E-state index in [9.17, 15) is 5.11 Å². The van der Waals surface area contributed by atoms with E-state index in [1.165, 1.54) is 11.1 Å². The van der Waals surface area contributed by atoms with E-state index in [-0.39, 0.29) is 37.7 Å². The predicted molar refractivity (Wildman–Crippen MR) is 93.7 cm³/mol. The monoisotopic (exact) mass is 388 g/mol. The van der Waals surface area contributed by atoms with Gasteiger partial charge in [-0.15, -0.1) is 0 Å². The number of benzene rings is 2. The number of hydrogen-bond donors (Lipinski definition) is 1. The van der Waals surface area contributed by atoms with Gasteiger partial charge in [0.25, 0.3) is 0 Å². The minimum Gasteiger partial charge on any atom is -0.503 e. The largest absolute Gasteiger partial charge is 0.503 e. The zero-order valence-electron chi connectivity index (χ0n) is 11.8. The van der Waals surface area contributed by atoms with Crippen molar-refractivity contribution in [3.8, 4) is 11.5 Å². The average molecular weight is 390 g/mol. The molecule has 0 saturated heterocycles. The van der Waals surface area contributed by atoms with Gasteiger partial charge in [0.1, 0.15) is 16.1 Å². The van der Waals surface area contributed by atoms with Gasteiger partial charge >= 0.3 is 0 Å². The molecule has 0 amide bonds. The summed E-state index contributed by atoms with van der Waals surface area (Å²) in [7, 11) is 0. The summed E-state index contributed by atoms with van der Waals surface area (Å²) in [6, 6.07) is 8.42. The van der Waals surface area contributed by atoms with Gasteiger partial charge in [-0.2, -0.15) is 0 Å². The predicted octanol–water partition coefficient (Wildman–Crippen LogP) is 6.43. The molecule has 1 fully saturated rings. The van der Waals surface area contributed by atoms with Gasteiger partial charge in [-0.05, 0) is 29.9 Å². The van der Waals surface area contributed by atoms with E-state index in [0.29, 0.717) is 11.8 Å². The summed E-state index contributed by atoms with van der Waals surface area (Å²) in [6.07, 6.45) is 1.87. The second-order valence-corrected chi connectivity index (χ2v) is 7.51. The topological polar surface area (TPSA) is 29.5 Å². The third kappa shape index (κ3) is 2.31. The second kappa shape index (κ2) is 5.63. The molecule has 2 bridgehead atoms. The Hall–Kier alpha value is -0.800. The summed E-state index contributed by atoms with van der Waals surface area (Å²) in [5.41, 5.74) is 2.72. The lowest BCUT2D eigenvalue weighted by Crippen LogP contribution is -2.23. The number of aromatic hydroxyl groups is 1. The number of halogens is 4. The number of rotatable bonds is 2. The highest BCUT2D eigenvalue weighted by molar-refractivity contribution is 6.52. The van der Waals surface area contributed by atoms with Crippen LogP contribution in [0.3, 0.4) is 0 Å². The van der Waals surface area contributed by atoms with Gasteiger partial charge in [0.2, 0.25) is 0 Å². The van der Waals surface area contributed by atoms with Gasteiger partial charge in [0, 0.05) is 5.92 Å². The SMILES string of the molecule is Oc1c(Cl)c(Cl)c(Cl)c(Cl)c1O[C@@H]1C[C@@H]2C[C@H]1c1ccccc12. The molecule has 0 spiro atoms. The van der Waals surface area contributed by atoms with Crippen LogP contribution >= 0.6 is 46.4 Å². The Morgan fingerprint density at radius 2 is 1.52 bits per heavy atom. The third-order valence-corrected chi connectivity index (χ3v) is 6.58. The van der Waals surface area contributed by atoms with Crippen LogP contribution in [0.5, 0.6) is 11.5 Å². The first-order valence-electron chi connectivity index (χ1n) is 7.29. The molecule has 2 aliphatic carbocycles. The van der Waals surface area contributed by atoms with E-state index in [1.54, 1.807) is 0 Å². The van der Waals surface area contributed by atoms with Crippen molar-refractivity contribution in [3.63, 3.8) is 0 Å².